The molecule has 0 aliphatic rings. The third-order valence-electron chi connectivity index (χ3n) is 8.43. The van der Waals surface area contributed by atoms with Gasteiger partial charge in [-0.1, -0.05) is 29.5 Å². The lowest BCUT2D eigenvalue weighted by Gasteiger charge is -2.44. The van der Waals surface area contributed by atoms with Crippen molar-refractivity contribution in [2.24, 2.45) is 0 Å². The summed E-state index contributed by atoms with van der Waals surface area (Å²) in [6.45, 7) is 3.71. The summed E-state index contributed by atoms with van der Waals surface area (Å²) in [6, 6.07) is 8.33. The van der Waals surface area contributed by atoms with Crippen LogP contribution in [0.1, 0.15) is 5.01 Å². The molecule has 1 nitrogen and oxygen atoms in total. The predicted octanol–water partition coefficient (Wildman–Crippen LogP) is 8.29. The van der Waals surface area contributed by atoms with Crippen LogP contribution in [-0.4, -0.2) is 6.15 Å². The number of allylic oxidation sites excluding steroid dienone is 1. The molecule has 57 heavy (non-hydrogen) atoms. The lowest BCUT2D eigenvalue weighted by molar-refractivity contribution is -0.349. The van der Waals surface area contributed by atoms with Crippen LogP contribution in [0.5, 0.6) is 0 Å². The standard InChI is InChI=1S/C24BF20.C10H9NS/c26-5-1(6(27)14(35)21(42)13(5)34)25(2-7(28)15(36)22(43)16(37)8(2)29,3-9(30)17(38)23(44)18(39)10(3)31)4-11(32)19(40)24(45)20(41)12(4)33;1-2-5-10-11-8-6-3-4-7-9(8)12-10/h;2-4,6-7H,1,5H2/q-1;/p+1. The van der Waals surface area contributed by atoms with Gasteiger partial charge in [0, 0.05) is 6.07 Å². The van der Waals surface area contributed by atoms with Gasteiger partial charge in [-0.25, -0.2) is 87.8 Å². The first-order valence-electron chi connectivity index (χ1n) is 14.8. The summed E-state index contributed by atoms with van der Waals surface area (Å²) in [5.41, 5.74) is -13.1. The van der Waals surface area contributed by atoms with E-state index in [0.717, 1.165) is 6.42 Å². The Morgan fingerprint density at radius 1 is 0.404 bits per heavy atom. The summed E-state index contributed by atoms with van der Waals surface area (Å²) < 4.78 is 295. The molecule has 0 aliphatic carbocycles. The Morgan fingerprint density at radius 2 is 0.649 bits per heavy atom. The van der Waals surface area contributed by atoms with Gasteiger partial charge in [-0.3, -0.25) is 0 Å². The first-order valence-corrected chi connectivity index (χ1v) is 15.7. The number of aromatic nitrogens is 1. The molecule has 5 aromatic carbocycles. The summed E-state index contributed by atoms with van der Waals surface area (Å²) in [5.74, 6) is -71.4. The molecule has 300 valence electrons. The van der Waals surface area contributed by atoms with E-state index in [2.05, 4.69) is 29.8 Å². The van der Waals surface area contributed by atoms with E-state index in [0.29, 0.717) is 0 Å². The number of hydrogen-bond donors (Lipinski definition) is 0. The maximum absolute atomic E-state index is 15.4. The Balaban J connectivity index is 0.000000436. The van der Waals surface area contributed by atoms with Crippen LogP contribution in [0, 0.1) is 116 Å². The third kappa shape index (κ3) is 6.34. The van der Waals surface area contributed by atoms with Gasteiger partial charge in [-0.15, -0.1) is 28.4 Å². The average Bonchev–Trinajstić information content (AvgIpc) is 3.60. The molecule has 6 aromatic rings. The van der Waals surface area contributed by atoms with E-state index in [1.165, 1.54) is 15.2 Å². The van der Waals surface area contributed by atoms with E-state index < -0.39 is 144 Å². The number of fused-ring (bicyclic) bond motifs is 1. The van der Waals surface area contributed by atoms with Gasteiger partial charge in [0.25, 0.3) is 0 Å². The Hall–Kier alpha value is -5.61. The number of aromatic amines is 1. The molecule has 23 heteroatoms. The quantitative estimate of drug-likeness (QED) is 0.0527. The Bertz CT molecular complexity index is 2230. The third-order valence-corrected chi connectivity index (χ3v) is 9.52. The molecule has 0 bridgehead atoms. The van der Waals surface area contributed by atoms with Crippen LogP contribution in [-0.2, 0) is 6.42 Å². The van der Waals surface area contributed by atoms with Gasteiger partial charge in [0.1, 0.15) is 57.4 Å². The van der Waals surface area contributed by atoms with Crippen LogP contribution in [0.2, 0.25) is 0 Å². The zero-order valence-electron chi connectivity index (χ0n) is 26.8. The maximum atomic E-state index is 15.4. The van der Waals surface area contributed by atoms with Gasteiger partial charge in [0.2, 0.25) is 10.5 Å². The van der Waals surface area contributed by atoms with Crippen molar-refractivity contribution in [3.05, 3.63) is 158 Å². The fourth-order valence-corrected chi connectivity index (χ4v) is 7.07. The molecule has 0 radical (unpaired) electrons. The van der Waals surface area contributed by atoms with Gasteiger partial charge in [-0.05, 0) is 6.07 Å². The average molecular weight is 855 g/mol. The van der Waals surface area contributed by atoms with E-state index in [1.54, 1.807) is 11.3 Å². The van der Waals surface area contributed by atoms with Crippen molar-refractivity contribution >= 4 is 49.6 Å². The van der Waals surface area contributed by atoms with E-state index in [-0.39, 0.29) is 0 Å². The van der Waals surface area contributed by atoms with Crippen LogP contribution >= 0.6 is 11.3 Å². The van der Waals surface area contributed by atoms with E-state index in [4.69, 9.17) is 0 Å². The van der Waals surface area contributed by atoms with Crippen LogP contribution in [0.15, 0.2) is 36.9 Å². The van der Waals surface area contributed by atoms with Crippen molar-refractivity contribution in [1.82, 2.24) is 0 Å². The molecule has 0 saturated heterocycles. The minimum Gasteiger partial charge on any atom is -0.207 e. The number of para-hydroxylation sites is 1. The monoisotopic (exact) mass is 855 g/mol. The molecular formula is C34H10BF20NS. The molecule has 0 saturated carbocycles. The lowest BCUT2D eigenvalue weighted by Crippen LogP contribution is -2.81. The van der Waals surface area contributed by atoms with Gasteiger partial charge in [0.05, 0.1) is 6.42 Å². The van der Waals surface area contributed by atoms with Gasteiger partial charge in [0.15, 0.2) is 69.8 Å². The largest absolute Gasteiger partial charge is 0.240 e. The smallest absolute Gasteiger partial charge is 0.207 e. The van der Waals surface area contributed by atoms with E-state index in [9.17, 15) is 52.7 Å². The Morgan fingerprint density at radius 3 is 0.895 bits per heavy atom. The highest BCUT2D eigenvalue weighted by Crippen LogP contribution is 2.31. The summed E-state index contributed by atoms with van der Waals surface area (Å²) >= 11 is 1.80. The molecule has 0 aliphatic heterocycles. The van der Waals surface area contributed by atoms with Crippen LogP contribution in [0.3, 0.4) is 0 Å². The van der Waals surface area contributed by atoms with Crippen LogP contribution in [0.25, 0.3) is 10.2 Å². The normalized spacial score (nSPS) is 11.6. The highest BCUT2D eigenvalue weighted by Gasteiger charge is 2.52. The molecule has 0 unspecified atom stereocenters. The number of H-pyrrole nitrogens is 1. The molecule has 1 heterocycles. The molecule has 0 spiro atoms. The van der Waals surface area contributed by atoms with E-state index in [1.807, 2.05) is 12.1 Å². The molecule has 0 atom stereocenters. The molecule has 1 aromatic heterocycles. The highest BCUT2D eigenvalue weighted by molar-refractivity contribution is 7.20. The minimum absolute atomic E-state index is 0.930. The van der Waals surface area contributed by atoms with Crippen molar-refractivity contribution in [2.45, 2.75) is 6.42 Å². The minimum atomic E-state index is -7.22. The highest BCUT2D eigenvalue weighted by atomic mass is 32.1. The molecule has 0 fully saturated rings. The predicted molar refractivity (Wildman–Crippen MR) is 161 cm³/mol. The number of rotatable bonds is 6. The fraction of sp³-hybridized carbons (Fsp3) is 0.0294. The number of nitrogens with one attached hydrogen (secondary N) is 1. The van der Waals surface area contributed by atoms with Crippen molar-refractivity contribution < 1.29 is 92.8 Å². The maximum Gasteiger partial charge on any atom is 0.240 e. The van der Waals surface area contributed by atoms with Crippen molar-refractivity contribution in [2.75, 3.05) is 0 Å². The zero-order valence-corrected chi connectivity index (χ0v) is 27.7. The molecule has 6 rings (SSSR count). The van der Waals surface area contributed by atoms with Crippen LogP contribution < -0.4 is 26.8 Å². The van der Waals surface area contributed by atoms with Gasteiger partial charge < -0.3 is 0 Å². The lowest BCUT2D eigenvalue weighted by atomic mass is 9.12. The zero-order chi connectivity index (χ0) is 42.7. The Kier molecular flexibility index (Phi) is 11.5. The number of thiazole rings is 1. The van der Waals surface area contributed by atoms with Crippen molar-refractivity contribution in [3.63, 3.8) is 0 Å². The first-order chi connectivity index (χ1) is 26.6. The second kappa shape index (κ2) is 15.4. The Labute approximate surface area is 307 Å². The molecule has 0 amide bonds. The molecular weight excluding hydrogens is 845 g/mol. The fourth-order valence-electron chi connectivity index (χ4n) is 6.07. The van der Waals surface area contributed by atoms with Crippen molar-refractivity contribution in [3.8, 4) is 0 Å². The van der Waals surface area contributed by atoms with Gasteiger partial charge >= 0.3 is 0 Å². The SMILES string of the molecule is C=CCc1[nH+]c2ccccc2s1.Fc1c(F)c(F)c([B-](c2c(F)c(F)c(F)c(F)c2F)(c2c(F)c(F)c(F)c(F)c2F)c2c(F)c(F)c(F)c(F)c2F)c(F)c1F. The summed E-state index contributed by atoms with van der Waals surface area (Å²) in [5, 5.41) is 1.27. The summed E-state index contributed by atoms with van der Waals surface area (Å²) in [6.07, 6.45) is -4.37. The topological polar surface area (TPSA) is 14.1 Å². The summed E-state index contributed by atoms with van der Waals surface area (Å²) in [7, 11) is 0. The number of benzene rings is 5. The first kappa shape index (κ1) is 42.5. The van der Waals surface area contributed by atoms with E-state index >= 15 is 35.1 Å². The second-order valence-electron chi connectivity index (χ2n) is 11.4. The van der Waals surface area contributed by atoms with Crippen molar-refractivity contribution in [1.29, 1.82) is 0 Å². The summed E-state index contributed by atoms with van der Waals surface area (Å²) in [4.78, 5) is 3.34. The number of halogens is 20. The number of hydrogen-bond acceptors (Lipinski definition) is 1. The van der Waals surface area contributed by atoms with Gasteiger partial charge in [-0.2, -0.15) is 4.98 Å². The second-order valence-corrected chi connectivity index (χ2v) is 12.6. The molecule has 1 N–H and O–H groups in total. The van der Waals surface area contributed by atoms with Crippen LogP contribution in [0.4, 0.5) is 87.8 Å².